The Morgan fingerprint density at radius 2 is 1.61 bits per heavy atom. The zero-order valence-corrected chi connectivity index (χ0v) is 13.4. The molecule has 124 valence electrons. The van der Waals surface area contributed by atoms with E-state index >= 15 is 0 Å². The first kappa shape index (κ1) is 16.0. The average molecular weight is 316 g/mol. The van der Waals surface area contributed by atoms with Gasteiger partial charge in [-0.05, 0) is 56.5 Å². The molecule has 2 saturated heterocycles. The first-order chi connectivity index (χ1) is 11.1. The fourth-order valence-corrected chi connectivity index (χ4v) is 3.46. The molecule has 0 radical (unpaired) electrons. The van der Waals surface area contributed by atoms with E-state index in [0.29, 0.717) is 31.5 Å². The molecule has 1 amide bonds. The minimum absolute atomic E-state index is 0.0153. The molecule has 0 unspecified atom stereocenters. The summed E-state index contributed by atoms with van der Waals surface area (Å²) in [5.74, 6) is -1.04. The van der Waals surface area contributed by atoms with Gasteiger partial charge in [-0.2, -0.15) is 0 Å². The van der Waals surface area contributed by atoms with Crippen LogP contribution in [-0.4, -0.2) is 53.0 Å². The van der Waals surface area contributed by atoms with Crippen LogP contribution in [0.5, 0.6) is 0 Å². The predicted molar refractivity (Wildman–Crippen MR) is 87.2 cm³/mol. The summed E-state index contributed by atoms with van der Waals surface area (Å²) in [7, 11) is 0. The monoisotopic (exact) mass is 316 g/mol. The highest BCUT2D eigenvalue weighted by atomic mass is 16.4. The highest BCUT2D eigenvalue weighted by molar-refractivity contribution is 5.94. The van der Waals surface area contributed by atoms with Crippen molar-refractivity contribution in [2.24, 2.45) is 5.92 Å². The molecule has 1 aromatic rings. The van der Waals surface area contributed by atoms with Crippen LogP contribution in [-0.2, 0) is 11.3 Å². The van der Waals surface area contributed by atoms with E-state index in [2.05, 4.69) is 4.90 Å². The summed E-state index contributed by atoms with van der Waals surface area (Å²) in [5.41, 5.74) is 1.94. The zero-order chi connectivity index (χ0) is 16.2. The third-order valence-corrected chi connectivity index (χ3v) is 4.94. The van der Waals surface area contributed by atoms with Gasteiger partial charge in [0.2, 0.25) is 0 Å². The molecule has 2 fully saturated rings. The van der Waals surface area contributed by atoms with Gasteiger partial charge in [0.1, 0.15) is 0 Å². The molecule has 0 aliphatic carbocycles. The van der Waals surface area contributed by atoms with E-state index in [-0.39, 0.29) is 11.8 Å². The number of likely N-dealkylation sites (tertiary alicyclic amines) is 2. The summed E-state index contributed by atoms with van der Waals surface area (Å²) in [6.07, 6.45) is 3.66. The molecule has 1 N–H and O–H groups in total. The highest BCUT2D eigenvalue weighted by Crippen LogP contribution is 2.20. The van der Waals surface area contributed by atoms with Crippen molar-refractivity contribution in [1.29, 1.82) is 0 Å². The van der Waals surface area contributed by atoms with Crippen LogP contribution in [0.1, 0.15) is 41.6 Å². The van der Waals surface area contributed by atoms with E-state index in [0.717, 1.165) is 6.54 Å². The number of piperidine rings is 1. The molecular weight excluding hydrogens is 292 g/mol. The molecule has 23 heavy (non-hydrogen) atoms. The van der Waals surface area contributed by atoms with E-state index in [1.165, 1.54) is 31.5 Å². The Hall–Kier alpha value is -1.88. The van der Waals surface area contributed by atoms with Crippen LogP contribution in [0.15, 0.2) is 24.3 Å². The van der Waals surface area contributed by atoms with E-state index < -0.39 is 5.97 Å². The predicted octanol–water partition coefficient (Wildman–Crippen LogP) is 2.22. The highest BCUT2D eigenvalue weighted by Gasteiger charge is 2.27. The number of carboxylic acid groups (broad SMARTS) is 1. The standard InChI is InChI=1S/C18H24N2O3/c21-17(20-11-7-16(8-12-20)18(22)23)15-5-3-14(4-6-15)13-19-9-1-2-10-19/h3-6,16H,1-2,7-13H2,(H,22,23). The fraction of sp³-hybridized carbons (Fsp3) is 0.556. The van der Waals surface area contributed by atoms with Crippen LogP contribution in [0.25, 0.3) is 0 Å². The Kier molecular flexibility index (Phi) is 4.96. The van der Waals surface area contributed by atoms with E-state index in [9.17, 15) is 9.59 Å². The number of benzene rings is 1. The molecule has 0 saturated carbocycles. The fourth-order valence-electron chi connectivity index (χ4n) is 3.46. The van der Waals surface area contributed by atoms with Crippen molar-refractivity contribution in [2.45, 2.75) is 32.2 Å². The molecule has 0 bridgehead atoms. The van der Waals surface area contributed by atoms with Gasteiger partial charge in [-0.25, -0.2) is 0 Å². The second-order valence-electron chi connectivity index (χ2n) is 6.58. The summed E-state index contributed by atoms with van der Waals surface area (Å²) < 4.78 is 0. The number of carboxylic acids is 1. The minimum Gasteiger partial charge on any atom is -0.481 e. The summed E-state index contributed by atoms with van der Waals surface area (Å²) in [6, 6.07) is 7.87. The first-order valence-electron chi connectivity index (χ1n) is 8.47. The molecule has 5 nitrogen and oxygen atoms in total. The van der Waals surface area contributed by atoms with E-state index in [4.69, 9.17) is 5.11 Å². The van der Waals surface area contributed by atoms with Crippen LogP contribution >= 0.6 is 0 Å². The van der Waals surface area contributed by atoms with E-state index in [1.54, 1.807) is 4.90 Å². The molecule has 2 aliphatic rings. The van der Waals surface area contributed by atoms with Crippen molar-refractivity contribution in [3.63, 3.8) is 0 Å². The molecule has 2 heterocycles. The van der Waals surface area contributed by atoms with Gasteiger partial charge in [-0.3, -0.25) is 14.5 Å². The number of hydrogen-bond donors (Lipinski definition) is 1. The Labute approximate surface area is 136 Å². The van der Waals surface area contributed by atoms with Gasteiger partial charge in [0.25, 0.3) is 5.91 Å². The summed E-state index contributed by atoms with van der Waals surface area (Å²) in [4.78, 5) is 27.7. The number of amides is 1. The van der Waals surface area contributed by atoms with Crippen molar-refractivity contribution < 1.29 is 14.7 Å². The SMILES string of the molecule is O=C(O)C1CCN(C(=O)c2ccc(CN3CCCC3)cc2)CC1. The maximum atomic E-state index is 12.5. The normalized spacial score (nSPS) is 19.9. The number of carbonyl (C=O) groups excluding carboxylic acids is 1. The smallest absolute Gasteiger partial charge is 0.306 e. The van der Waals surface area contributed by atoms with Gasteiger partial charge < -0.3 is 10.0 Å². The lowest BCUT2D eigenvalue weighted by Gasteiger charge is -2.30. The van der Waals surface area contributed by atoms with E-state index in [1.807, 2.05) is 24.3 Å². The number of aliphatic carboxylic acids is 1. The topological polar surface area (TPSA) is 60.9 Å². The van der Waals surface area contributed by atoms with Crippen LogP contribution < -0.4 is 0 Å². The van der Waals surface area contributed by atoms with Gasteiger partial charge in [0, 0.05) is 25.2 Å². The van der Waals surface area contributed by atoms with Crippen LogP contribution in [0.3, 0.4) is 0 Å². The number of hydrogen-bond acceptors (Lipinski definition) is 3. The quantitative estimate of drug-likeness (QED) is 0.925. The van der Waals surface area contributed by atoms with Gasteiger partial charge in [-0.1, -0.05) is 12.1 Å². The minimum atomic E-state index is -0.747. The maximum Gasteiger partial charge on any atom is 0.306 e. The summed E-state index contributed by atoms with van der Waals surface area (Å²) >= 11 is 0. The van der Waals surface area contributed by atoms with Crippen LogP contribution in [0.4, 0.5) is 0 Å². The summed E-state index contributed by atoms with van der Waals surface area (Å²) in [6.45, 7) is 4.35. The van der Waals surface area contributed by atoms with Crippen LogP contribution in [0, 0.1) is 5.92 Å². The van der Waals surface area contributed by atoms with Crippen molar-refractivity contribution >= 4 is 11.9 Å². The molecule has 5 heteroatoms. The summed E-state index contributed by atoms with van der Waals surface area (Å²) in [5, 5.41) is 9.02. The molecule has 0 atom stereocenters. The molecular formula is C18H24N2O3. The molecule has 2 aliphatic heterocycles. The number of nitrogens with zero attached hydrogens (tertiary/aromatic N) is 2. The average Bonchev–Trinajstić information content (AvgIpc) is 3.08. The Morgan fingerprint density at radius 3 is 2.17 bits per heavy atom. The van der Waals surface area contributed by atoms with Gasteiger partial charge >= 0.3 is 5.97 Å². The maximum absolute atomic E-state index is 12.5. The van der Waals surface area contributed by atoms with Gasteiger partial charge in [0.15, 0.2) is 0 Å². The van der Waals surface area contributed by atoms with Crippen molar-refractivity contribution in [1.82, 2.24) is 9.80 Å². The first-order valence-corrected chi connectivity index (χ1v) is 8.47. The number of rotatable bonds is 4. The Balaban J connectivity index is 1.56. The second kappa shape index (κ2) is 7.13. The molecule has 1 aromatic carbocycles. The zero-order valence-electron chi connectivity index (χ0n) is 13.4. The molecule has 0 spiro atoms. The van der Waals surface area contributed by atoms with Crippen molar-refractivity contribution in [3.8, 4) is 0 Å². The third-order valence-electron chi connectivity index (χ3n) is 4.94. The number of carbonyl (C=O) groups is 2. The van der Waals surface area contributed by atoms with Crippen molar-refractivity contribution in [3.05, 3.63) is 35.4 Å². The second-order valence-corrected chi connectivity index (χ2v) is 6.58. The largest absolute Gasteiger partial charge is 0.481 e. The third kappa shape index (κ3) is 3.91. The lowest BCUT2D eigenvalue weighted by molar-refractivity contribution is -0.143. The van der Waals surface area contributed by atoms with Crippen LogP contribution in [0.2, 0.25) is 0 Å². The molecule has 0 aromatic heterocycles. The molecule has 3 rings (SSSR count). The van der Waals surface area contributed by atoms with Gasteiger partial charge in [-0.15, -0.1) is 0 Å². The Bertz CT molecular complexity index is 556. The lowest BCUT2D eigenvalue weighted by Crippen LogP contribution is -2.40. The Morgan fingerprint density at radius 1 is 1.00 bits per heavy atom. The lowest BCUT2D eigenvalue weighted by atomic mass is 9.96. The van der Waals surface area contributed by atoms with Gasteiger partial charge in [0.05, 0.1) is 5.92 Å². The van der Waals surface area contributed by atoms with Crippen molar-refractivity contribution in [2.75, 3.05) is 26.2 Å².